The molecule has 0 bridgehead atoms. The summed E-state index contributed by atoms with van der Waals surface area (Å²) in [4.78, 5) is -0.677. The van der Waals surface area contributed by atoms with Gasteiger partial charge in [-0.2, -0.15) is 0 Å². The van der Waals surface area contributed by atoms with E-state index in [4.69, 9.17) is 0 Å². The van der Waals surface area contributed by atoms with E-state index >= 15 is 0 Å². The Morgan fingerprint density at radius 2 is 1.12 bits per heavy atom. The summed E-state index contributed by atoms with van der Waals surface area (Å²) in [5.74, 6) is 0. The Labute approximate surface area is 149 Å². The summed E-state index contributed by atoms with van der Waals surface area (Å²) in [6.07, 6.45) is 0. The molecule has 9 heteroatoms. The normalized spacial score (nSPS) is 13.2. The molecule has 2 aromatic rings. The lowest BCUT2D eigenvalue weighted by Crippen LogP contribution is -2.27. The van der Waals surface area contributed by atoms with Crippen LogP contribution in [0.25, 0.3) is 0 Å². The highest BCUT2D eigenvalue weighted by Gasteiger charge is 2.28. The van der Waals surface area contributed by atoms with Crippen LogP contribution in [0.1, 0.15) is 20.8 Å². The third-order valence-corrected chi connectivity index (χ3v) is 7.99. The molecule has 0 spiro atoms. The maximum Gasteiger partial charge on any atom is 0.124 e. The zero-order valence-corrected chi connectivity index (χ0v) is 16.4. The van der Waals surface area contributed by atoms with E-state index in [1.165, 1.54) is 36.4 Å². The van der Waals surface area contributed by atoms with Gasteiger partial charge in [0.15, 0.2) is 0 Å². The van der Waals surface area contributed by atoms with Crippen molar-refractivity contribution in [3.8, 4) is 0 Å². The lowest BCUT2D eigenvalue weighted by Gasteiger charge is -2.33. The molecule has 0 unspecified atom stereocenters. The summed E-state index contributed by atoms with van der Waals surface area (Å²) in [6, 6.07) is 11.4. The first kappa shape index (κ1) is 20.0. The van der Waals surface area contributed by atoms with Crippen molar-refractivity contribution in [2.24, 2.45) is 0 Å². The molecule has 0 N–H and O–H groups in total. The van der Waals surface area contributed by atoms with Gasteiger partial charge in [0.25, 0.3) is 0 Å². The fourth-order valence-electron chi connectivity index (χ4n) is 2.48. The number of rotatable bonds is 4. The van der Waals surface area contributed by atoms with E-state index in [9.17, 15) is 25.9 Å². The minimum absolute atomic E-state index is 0.339. The lowest BCUT2D eigenvalue weighted by atomic mass is 10.3. The molecule has 0 fully saturated rings. The van der Waals surface area contributed by atoms with Crippen LogP contribution in [0.5, 0.6) is 0 Å². The highest BCUT2D eigenvalue weighted by atomic mass is 32.2. The van der Waals surface area contributed by atoms with Crippen LogP contribution in [-0.4, -0.2) is 31.1 Å². The topological polar surface area (TPSA) is 114 Å². The fraction of sp³-hybridized carbons (Fsp3) is 0.250. The van der Waals surface area contributed by atoms with E-state index in [2.05, 4.69) is 0 Å². The largest absolute Gasteiger partial charge is 0.744 e. The van der Waals surface area contributed by atoms with Crippen LogP contribution < -0.4 is 10.6 Å². The monoisotopic (exact) mass is 400 g/mol. The highest BCUT2D eigenvalue weighted by Crippen LogP contribution is 2.47. The summed E-state index contributed by atoms with van der Waals surface area (Å²) in [5.41, 5.74) is 0. The van der Waals surface area contributed by atoms with E-state index in [-0.39, 0.29) is 14.9 Å². The Balaban J connectivity index is 2.68. The van der Waals surface area contributed by atoms with E-state index in [0.29, 0.717) is 10.6 Å². The summed E-state index contributed by atoms with van der Waals surface area (Å²) < 4.78 is 67.9. The van der Waals surface area contributed by atoms with Crippen molar-refractivity contribution in [1.82, 2.24) is 0 Å². The van der Waals surface area contributed by atoms with Gasteiger partial charge in [-0.1, -0.05) is 45.0 Å². The third-order valence-electron chi connectivity index (χ3n) is 3.40. The third kappa shape index (κ3) is 4.86. The molecule has 0 aliphatic heterocycles. The first-order chi connectivity index (χ1) is 11.3. The molecule has 0 saturated heterocycles. The Bertz CT molecular complexity index is 916. The van der Waals surface area contributed by atoms with Gasteiger partial charge in [-0.15, -0.1) is 0 Å². The van der Waals surface area contributed by atoms with Crippen LogP contribution in [0, 0.1) is 0 Å². The van der Waals surface area contributed by atoms with Crippen LogP contribution in [0.4, 0.5) is 0 Å². The molecule has 0 aliphatic rings. The second-order valence-electron chi connectivity index (χ2n) is 6.41. The molecule has 2 rings (SSSR count). The Hall–Kier alpha value is -1.31. The van der Waals surface area contributed by atoms with Gasteiger partial charge < -0.3 is 9.11 Å². The molecule has 0 saturated carbocycles. The van der Waals surface area contributed by atoms with Crippen LogP contribution in [0.2, 0.25) is 0 Å². The van der Waals surface area contributed by atoms with Crippen LogP contribution >= 0.6 is 7.92 Å². The van der Waals surface area contributed by atoms with E-state index in [1.54, 1.807) is 12.1 Å². The zero-order chi connectivity index (χ0) is 19.0. The lowest BCUT2D eigenvalue weighted by molar-refractivity contribution is 0.461. The fourth-order valence-corrected chi connectivity index (χ4v) is 6.54. The van der Waals surface area contributed by atoms with Crippen LogP contribution in [0.3, 0.4) is 0 Å². The number of benzene rings is 2. The molecule has 0 heterocycles. The Morgan fingerprint density at radius 1 is 0.760 bits per heavy atom. The first-order valence-corrected chi connectivity index (χ1v) is 11.4. The summed E-state index contributed by atoms with van der Waals surface area (Å²) >= 11 is 0. The van der Waals surface area contributed by atoms with Crippen molar-refractivity contribution in [2.75, 3.05) is 0 Å². The van der Waals surface area contributed by atoms with Crippen molar-refractivity contribution < 1.29 is 25.9 Å². The summed E-state index contributed by atoms with van der Waals surface area (Å²) in [6.45, 7) is 5.78. The van der Waals surface area contributed by atoms with Gasteiger partial charge in [0.05, 0.1) is 9.79 Å². The number of hydrogen-bond donors (Lipinski definition) is 0. The molecule has 2 aromatic carbocycles. The van der Waals surface area contributed by atoms with Gasteiger partial charge in [0, 0.05) is 0 Å². The summed E-state index contributed by atoms with van der Waals surface area (Å²) in [5, 5.41) is 0.853. The molecule has 136 valence electrons. The highest BCUT2D eigenvalue weighted by molar-refractivity contribution is 7.86. The maximum absolute atomic E-state index is 11.3. The molecule has 0 amide bonds. The predicted molar refractivity (Wildman–Crippen MR) is 94.8 cm³/mol. The van der Waals surface area contributed by atoms with Crippen molar-refractivity contribution in [3.05, 3.63) is 48.5 Å². The number of hydrogen-bond acceptors (Lipinski definition) is 6. The predicted octanol–water partition coefficient (Wildman–Crippen LogP) is 1.73. The molecule has 0 aromatic heterocycles. The van der Waals surface area contributed by atoms with Gasteiger partial charge in [-0.25, -0.2) is 16.8 Å². The molecular formula is C16H17O6PS2-2. The molecule has 25 heavy (non-hydrogen) atoms. The quantitative estimate of drug-likeness (QED) is 0.570. The standard InChI is InChI=1S/C16H19O6PS2/c1-16(2,3)23(12-6-4-8-14(10-12)24(17,18)19)13-7-5-9-15(11-13)25(20,21)22/h4-11H,1-3H3,(H,17,18,19)(H,20,21,22)/p-2. The maximum atomic E-state index is 11.3. The van der Waals surface area contributed by atoms with Crippen LogP contribution in [0.15, 0.2) is 58.3 Å². The Morgan fingerprint density at radius 3 is 1.40 bits per heavy atom. The zero-order valence-electron chi connectivity index (χ0n) is 13.8. The van der Waals surface area contributed by atoms with Crippen molar-refractivity contribution in [1.29, 1.82) is 0 Å². The average Bonchev–Trinajstić information content (AvgIpc) is 2.45. The van der Waals surface area contributed by atoms with Gasteiger partial charge >= 0.3 is 0 Å². The molecule has 0 aliphatic carbocycles. The van der Waals surface area contributed by atoms with Gasteiger partial charge in [0.1, 0.15) is 20.2 Å². The summed E-state index contributed by atoms with van der Waals surface area (Å²) in [7, 11) is -10.4. The molecular weight excluding hydrogens is 383 g/mol. The Kier molecular flexibility index (Phi) is 5.42. The minimum Gasteiger partial charge on any atom is -0.744 e. The van der Waals surface area contributed by atoms with Gasteiger partial charge in [-0.05, 0) is 48.0 Å². The average molecular weight is 400 g/mol. The molecule has 6 nitrogen and oxygen atoms in total. The van der Waals surface area contributed by atoms with E-state index in [0.717, 1.165) is 0 Å². The van der Waals surface area contributed by atoms with Crippen molar-refractivity contribution in [2.45, 2.75) is 35.7 Å². The minimum atomic E-state index is -4.60. The first-order valence-electron chi connectivity index (χ1n) is 7.22. The molecule has 0 radical (unpaired) electrons. The van der Waals surface area contributed by atoms with Crippen LogP contribution in [-0.2, 0) is 20.2 Å². The van der Waals surface area contributed by atoms with E-state index < -0.39 is 28.2 Å². The van der Waals surface area contributed by atoms with Gasteiger partial charge in [-0.3, -0.25) is 0 Å². The SMILES string of the molecule is CC(C)(C)P(c1cccc(S(=O)(=O)[O-])c1)c1cccc(S(=O)(=O)[O-])c1. The molecule has 0 atom stereocenters. The van der Waals surface area contributed by atoms with Crippen molar-refractivity contribution in [3.63, 3.8) is 0 Å². The van der Waals surface area contributed by atoms with E-state index in [1.807, 2.05) is 20.8 Å². The van der Waals surface area contributed by atoms with Crippen molar-refractivity contribution >= 4 is 38.8 Å². The smallest absolute Gasteiger partial charge is 0.124 e. The van der Waals surface area contributed by atoms with Gasteiger partial charge in [0.2, 0.25) is 0 Å². The second kappa shape index (κ2) is 6.78. The second-order valence-corrected chi connectivity index (χ2v) is 12.2.